The molecule has 1 aromatic carbocycles. The number of nitrogens with zero attached hydrogens (tertiary/aromatic N) is 1. The van der Waals surface area contributed by atoms with Gasteiger partial charge in [0.1, 0.15) is 0 Å². The summed E-state index contributed by atoms with van der Waals surface area (Å²) in [6.45, 7) is 3.19. The number of aryl methyl sites for hydroxylation is 1. The number of amides is 1. The quantitative estimate of drug-likeness (QED) is 0.769. The first-order chi connectivity index (χ1) is 9.11. The number of carbonyl (C=O) groups is 2. The van der Waals surface area contributed by atoms with E-state index in [-0.39, 0.29) is 17.8 Å². The van der Waals surface area contributed by atoms with Crippen molar-refractivity contribution in [3.63, 3.8) is 0 Å². The average Bonchev–Trinajstić information content (AvgIpc) is 2.46. The van der Waals surface area contributed by atoms with Gasteiger partial charge in [0.15, 0.2) is 5.78 Å². The number of methoxy groups -OCH3 is 1. The van der Waals surface area contributed by atoms with Crippen LogP contribution in [0.2, 0.25) is 0 Å². The lowest BCUT2D eigenvalue weighted by atomic mass is 9.89. The van der Waals surface area contributed by atoms with E-state index in [1.807, 2.05) is 31.2 Å². The minimum atomic E-state index is -0.304. The molecule has 1 aliphatic heterocycles. The third kappa shape index (κ3) is 3.13. The van der Waals surface area contributed by atoms with E-state index in [1.54, 1.807) is 4.90 Å². The fourth-order valence-corrected chi connectivity index (χ4v) is 2.41. The Balaban J connectivity index is 1.96. The third-order valence-corrected chi connectivity index (χ3v) is 3.63. The first kappa shape index (κ1) is 13.6. The molecule has 4 nitrogen and oxygen atoms in total. The number of benzene rings is 1. The van der Waals surface area contributed by atoms with Crippen LogP contribution in [0.5, 0.6) is 0 Å². The highest BCUT2D eigenvalue weighted by Crippen LogP contribution is 2.22. The van der Waals surface area contributed by atoms with E-state index in [0.29, 0.717) is 25.9 Å². The molecule has 2 rings (SSSR count). The number of carbonyl (C=O) groups excluding carboxylic acids is 2. The van der Waals surface area contributed by atoms with Gasteiger partial charge in [0.25, 0.3) is 0 Å². The van der Waals surface area contributed by atoms with Gasteiger partial charge >= 0.3 is 6.09 Å². The summed E-state index contributed by atoms with van der Waals surface area (Å²) >= 11 is 0. The molecule has 1 fully saturated rings. The predicted molar refractivity (Wildman–Crippen MR) is 72.2 cm³/mol. The third-order valence-electron chi connectivity index (χ3n) is 3.63. The summed E-state index contributed by atoms with van der Waals surface area (Å²) in [5.74, 6) is 0.202. The van der Waals surface area contributed by atoms with Crippen LogP contribution in [0.15, 0.2) is 24.3 Å². The maximum absolute atomic E-state index is 12.3. The van der Waals surface area contributed by atoms with E-state index in [9.17, 15) is 9.59 Å². The number of rotatable bonds is 2. The Morgan fingerprint density at radius 3 is 2.26 bits per heavy atom. The van der Waals surface area contributed by atoms with E-state index in [0.717, 1.165) is 11.1 Å². The van der Waals surface area contributed by atoms with Gasteiger partial charge in [-0.1, -0.05) is 29.8 Å². The number of ether oxygens (including phenoxy) is 1. The van der Waals surface area contributed by atoms with Crippen molar-refractivity contribution < 1.29 is 14.3 Å². The van der Waals surface area contributed by atoms with Crippen molar-refractivity contribution in [2.45, 2.75) is 19.8 Å². The molecular weight excluding hydrogens is 242 g/mol. The normalized spacial score (nSPS) is 16.2. The van der Waals surface area contributed by atoms with Crippen molar-refractivity contribution >= 4 is 11.9 Å². The molecule has 0 N–H and O–H groups in total. The van der Waals surface area contributed by atoms with Crippen LogP contribution in [0, 0.1) is 12.8 Å². The van der Waals surface area contributed by atoms with Crippen molar-refractivity contribution in [2.24, 2.45) is 5.92 Å². The fraction of sp³-hybridized carbons (Fsp3) is 0.467. The minimum Gasteiger partial charge on any atom is -0.453 e. The minimum absolute atomic E-state index is 0.0172. The molecule has 1 aliphatic rings. The molecule has 0 aliphatic carbocycles. The smallest absolute Gasteiger partial charge is 0.409 e. The molecule has 0 atom stereocenters. The molecule has 19 heavy (non-hydrogen) atoms. The highest BCUT2D eigenvalue weighted by atomic mass is 16.5. The fourth-order valence-electron chi connectivity index (χ4n) is 2.41. The van der Waals surface area contributed by atoms with E-state index >= 15 is 0 Å². The Labute approximate surface area is 113 Å². The molecule has 1 heterocycles. The second-order valence-corrected chi connectivity index (χ2v) is 4.96. The molecule has 1 aromatic rings. The molecule has 1 amide bonds. The lowest BCUT2D eigenvalue weighted by Crippen LogP contribution is -2.40. The average molecular weight is 261 g/mol. The van der Waals surface area contributed by atoms with E-state index < -0.39 is 0 Å². The van der Waals surface area contributed by atoms with Crippen LogP contribution < -0.4 is 0 Å². The van der Waals surface area contributed by atoms with Gasteiger partial charge in [0.2, 0.25) is 0 Å². The van der Waals surface area contributed by atoms with E-state index in [2.05, 4.69) is 4.74 Å². The van der Waals surface area contributed by atoms with Gasteiger partial charge in [-0.05, 0) is 19.8 Å². The number of likely N-dealkylation sites (tertiary alicyclic amines) is 1. The van der Waals surface area contributed by atoms with Crippen molar-refractivity contribution in [3.05, 3.63) is 35.4 Å². The van der Waals surface area contributed by atoms with Crippen LogP contribution in [-0.4, -0.2) is 37.0 Å². The molecule has 0 radical (unpaired) electrons. The maximum Gasteiger partial charge on any atom is 0.409 e. The van der Waals surface area contributed by atoms with Crippen LogP contribution >= 0.6 is 0 Å². The maximum atomic E-state index is 12.3. The topological polar surface area (TPSA) is 46.6 Å². The van der Waals surface area contributed by atoms with Gasteiger partial charge in [0, 0.05) is 24.6 Å². The van der Waals surface area contributed by atoms with Crippen LogP contribution in [0.4, 0.5) is 4.79 Å². The Morgan fingerprint density at radius 1 is 1.16 bits per heavy atom. The van der Waals surface area contributed by atoms with Crippen molar-refractivity contribution in [1.82, 2.24) is 4.90 Å². The van der Waals surface area contributed by atoms with Gasteiger partial charge < -0.3 is 9.64 Å². The van der Waals surface area contributed by atoms with Crippen LogP contribution in [0.3, 0.4) is 0 Å². The highest BCUT2D eigenvalue weighted by molar-refractivity contribution is 5.98. The lowest BCUT2D eigenvalue weighted by molar-refractivity contribution is 0.0793. The number of hydrogen-bond acceptors (Lipinski definition) is 3. The number of ketones is 1. The summed E-state index contributed by atoms with van der Waals surface area (Å²) in [6.07, 6.45) is 1.12. The van der Waals surface area contributed by atoms with Crippen molar-refractivity contribution in [3.8, 4) is 0 Å². The summed E-state index contributed by atoms with van der Waals surface area (Å²) in [5, 5.41) is 0. The largest absolute Gasteiger partial charge is 0.453 e. The highest BCUT2D eigenvalue weighted by Gasteiger charge is 2.28. The molecular formula is C15H19NO3. The first-order valence-electron chi connectivity index (χ1n) is 6.55. The zero-order valence-electron chi connectivity index (χ0n) is 11.4. The van der Waals surface area contributed by atoms with Crippen molar-refractivity contribution in [2.75, 3.05) is 20.2 Å². The van der Waals surface area contributed by atoms with E-state index in [1.165, 1.54) is 7.11 Å². The van der Waals surface area contributed by atoms with Gasteiger partial charge in [-0.2, -0.15) is 0 Å². The SMILES string of the molecule is COC(=O)N1CCC(C(=O)c2ccc(C)cc2)CC1. The van der Waals surface area contributed by atoms with Gasteiger partial charge in [-0.25, -0.2) is 4.79 Å². The number of Topliss-reactive ketones (excluding diaryl/α,β-unsaturated/α-hetero) is 1. The molecule has 4 heteroatoms. The molecule has 0 saturated carbocycles. The molecule has 1 saturated heterocycles. The zero-order valence-corrected chi connectivity index (χ0v) is 11.4. The second kappa shape index (κ2) is 5.87. The summed E-state index contributed by atoms with van der Waals surface area (Å²) in [6, 6.07) is 7.67. The summed E-state index contributed by atoms with van der Waals surface area (Å²) in [7, 11) is 1.38. The molecule has 0 spiro atoms. The Morgan fingerprint density at radius 2 is 1.74 bits per heavy atom. The first-order valence-corrected chi connectivity index (χ1v) is 6.55. The number of hydrogen-bond donors (Lipinski definition) is 0. The zero-order chi connectivity index (χ0) is 13.8. The number of piperidine rings is 1. The van der Waals surface area contributed by atoms with Crippen LogP contribution in [-0.2, 0) is 4.74 Å². The van der Waals surface area contributed by atoms with Crippen LogP contribution in [0.1, 0.15) is 28.8 Å². The summed E-state index contributed by atoms with van der Waals surface area (Å²) < 4.78 is 4.69. The standard InChI is InChI=1S/C15H19NO3/c1-11-3-5-12(6-4-11)14(17)13-7-9-16(10-8-13)15(18)19-2/h3-6,13H,7-10H2,1-2H3. The van der Waals surface area contributed by atoms with Gasteiger partial charge in [0.05, 0.1) is 7.11 Å². The molecule has 0 bridgehead atoms. The Kier molecular flexibility index (Phi) is 4.20. The predicted octanol–water partition coefficient (Wildman–Crippen LogP) is 2.66. The summed E-state index contributed by atoms with van der Waals surface area (Å²) in [5.41, 5.74) is 1.92. The lowest BCUT2D eigenvalue weighted by Gasteiger charge is -2.30. The monoisotopic (exact) mass is 261 g/mol. The van der Waals surface area contributed by atoms with Crippen molar-refractivity contribution in [1.29, 1.82) is 0 Å². The second-order valence-electron chi connectivity index (χ2n) is 4.96. The molecule has 0 unspecified atom stereocenters. The molecule has 102 valence electrons. The Hall–Kier alpha value is -1.84. The Bertz CT molecular complexity index is 459. The van der Waals surface area contributed by atoms with E-state index in [4.69, 9.17) is 0 Å². The molecule has 0 aromatic heterocycles. The van der Waals surface area contributed by atoms with Crippen LogP contribution in [0.25, 0.3) is 0 Å². The van der Waals surface area contributed by atoms with Gasteiger partial charge in [-0.3, -0.25) is 4.79 Å². The van der Waals surface area contributed by atoms with Gasteiger partial charge in [-0.15, -0.1) is 0 Å². The summed E-state index contributed by atoms with van der Waals surface area (Å²) in [4.78, 5) is 25.3.